The van der Waals surface area contributed by atoms with E-state index < -0.39 is 0 Å². The fraction of sp³-hybridized carbons (Fsp3) is 0.429. The molecule has 94 valence electrons. The van der Waals surface area contributed by atoms with Gasteiger partial charge in [-0.15, -0.1) is 11.3 Å². The van der Waals surface area contributed by atoms with E-state index in [1.54, 1.807) is 0 Å². The first-order valence-electron chi connectivity index (χ1n) is 6.39. The Labute approximate surface area is 110 Å². The van der Waals surface area contributed by atoms with Crippen molar-refractivity contribution in [3.8, 4) is 0 Å². The molecule has 1 amide bonds. The predicted octanol–water partition coefficient (Wildman–Crippen LogP) is 3.17. The van der Waals surface area contributed by atoms with Gasteiger partial charge in [0.05, 0.1) is 10.2 Å². The summed E-state index contributed by atoms with van der Waals surface area (Å²) in [5.41, 5.74) is 0.927. The monoisotopic (exact) mass is 260 g/mol. The Balaban J connectivity index is 1.87. The van der Waals surface area contributed by atoms with Gasteiger partial charge in [0.2, 0.25) is 0 Å². The first-order valence-corrected chi connectivity index (χ1v) is 7.20. The molecule has 4 heteroatoms. The third kappa shape index (κ3) is 2.12. The number of benzene rings is 1. The number of likely N-dealkylation sites (tertiary alicyclic amines) is 1. The second kappa shape index (κ2) is 4.69. The number of nitrogens with zero attached hydrogens (tertiary/aromatic N) is 2. The van der Waals surface area contributed by atoms with Crippen LogP contribution in [-0.4, -0.2) is 28.9 Å². The van der Waals surface area contributed by atoms with Crippen molar-refractivity contribution in [2.75, 3.05) is 13.1 Å². The van der Waals surface area contributed by atoms with Gasteiger partial charge in [-0.25, -0.2) is 4.98 Å². The summed E-state index contributed by atoms with van der Waals surface area (Å²) in [5.74, 6) is 0.708. The lowest BCUT2D eigenvalue weighted by Crippen LogP contribution is -2.39. The minimum atomic E-state index is 0.0998. The van der Waals surface area contributed by atoms with Crippen LogP contribution in [0.2, 0.25) is 0 Å². The summed E-state index contributed by atoms with van der Waals surface area (Å²) in [6.45, 7) is 3.95. The summed E-state index contributed by atoms with van der Waals surface area (Å²) < 4.78 is 1.09. The normalized spacial score (nSPS) is 20.3. The molecule has 1 fully saturated rings. The molecule has 2 heterocycles. The van der Waals surface area contributed by atoms with Crippen molar-refractivity contribution >= 4 is 27.5 Å². The van der Waals surface area contributed by atoms with Gasteiger partial charge < -0.3 is 4.90 Å². The van der Waals surface area contributed by atoms with Crippen molar-refractivity contribution in [2.45, 2.75) is 19.8 Å². The number of amides is 1. The van der Waals surface area contributed by atoms with E-state index >= 15 is 0 Å². The molecule has 3 nitrogen and oxygen atoms in total. The second-order valence-electron chi connectivity index (χ2n) is 4.99. The molecule has 1 aliphatic heterocycles. The Morgan fingerprint density at radius 1 is 1.44 bits per heavy atom. The third-order valence-electron chi connectivity index (χ3n) is 3.42. The van der Waals surface area contributed by atoms with Crippen LogP contribution in [-0.2, 0) is 0 Å². The molecular formula is C14H16N2OS. The molecule has 18 heavy (non-hydrogen) atoms. The Kier molecular flexibility index (Phi) is 3.04. The van der Waals surface area contributed by atoms with Crippen molar-refractivity contribution in [3.63, 3.8) is 0 Å². The third-order valence-corrected chi connectivity index (χ3v) is 4.45. The Morgan fingerprint density at radius 3 is 3.06 bits per heavy atom. The van der Waals surface area contributed by atoms with Crippen LogP contribution in [0.5, 0.6) is 0 Å². The summed E-state index contributed by atoms with van der Waals surface area (Å²) in [5, 5.41) is 0.630. The molecule has 1 unspecified atom stereocenters. The van der Waals surface area contributed by atoms with E-state index in [1.165, 1.54) is 17.8 Å². The highest BCUT2D eigenvalue weighted by Crippen LogP contribution is 2.24. The van der Waals surface area contributed by atoms with Crippen molar-refractivity contribution in [1.82, 2.24) is 9.88 Å². The van der Waals surface area contributed by atoms with Crippen LogP contribution in [0.25, 0.3) is 10.2 Å². The molecule has 0 saturated carbocycles. The number of thiazole rings is 1. The Morgan fingerprint density at radius 2 is 2.28 bits per heavy atom. The standard InChI is InChI=1S/C14H16N2OS/c1-10-5-4-8-16(9-10)14(17)13-15-11-6-2-3-7-12(11)18-13/h2-3,6-7,10H,4-5,8-9H2,1H3. The number of fused-ring (bicyclic) bond motifs is 1. The number of hydrogen-bond donors (Lipinski definition) is 0. The average molecular weight is 260 g/mol. The summed E-state index contributed by atoms with van der Waals surface area (Å²) >= 11 is 1.50. The molecule has 1 aromatic carbocycles. The number of carbonyl (C=O) groups is 1. The molecule has 0 aliphatic carbocycles. The van der Waals surface area contributed by atoms with Gasteiger partial charge in [-0.1, -0.05) is 19.1 Å². The van der Waals surface area contributed by atoms with Crippen LogP contribution in [0.1, 0.15) is 29.6 Å². The predicted molar refractivity (Wildman–Crippen MR) is 73.9 cm³/mol. The van der Waals surface area contributed by atoms with Gasteiger partial charge in [-0.3, -0.25) is 4.79 Å². The fourth-order valence-corrected chi connectivity index (χ4v) is 3.41. The maximum absolute atomic E-state index is 12.4. The fourth-order valence-electron chi connectivity index (χ4n) is 2.47. The SMILES string of the molecule is CC1CCCN(C(=O)c2nc3ccccc3s2)C1. The zero-order valence-corrected chi connectivity index (χ0v) is 11.2. The largest absolute Gasteiger partial charge is 0.336 e. The van der Waals surface area contributed by atoms with Crippen LogP contribution in [0.3, 0.4) is 0 Å². The van der Waals surface area contributed by atoms with Gasteiger partial charge >= 0.3 is 0 Å². The van der Waals surface area contributed by atoms with E-state index in [4.69, 9.17) is 0 Å². The van der Waals surface area contributed by atoms with Gasteiger partial charge in [0, 0.05) is 13.1 Å². The number of aromatic nitrogens is 1. The molecule has 1 aromatic heterocycles. The van der Waals surface area contributed by atoms with Gasteiger partial charge in [-0.2, -0.15) is 0 Å². The number of piperidine rings is 1. The quantitative estimate of drug-likeness (QED) is 0.789. The number of rotatable bonds is 1. The number of para-hydroxylation sites is 1. The Bertz CT molecular complexity index is 545. The van der Waals surface area contributed by atoms with Crippen molar-refractivity contribution < 1.29 is 4.79 Å². The van der Waals surface area contributed by atoms with Crippen LogP contribution in [0.4, 0.5) is 0 Å². The molecule has 0 radical (unpaired) electrons. The van der Waals surface area contributed by atoms with E-state index in [0.717, 1.165) is 29.7 Å². The molecule has 0 N–H and O–H groups in total. The minimum absolute atomic E-state index is 0.0998. The van der Waals surface area contributed by atoms with Gasteiger partial charge in [0.1, 0.15) is 0 Å². The zero-order valence-electron chi connectivity index (χ0n) is 10.4. The average Bonchev–Trinajstić information content (AvgIpc) is 2.81. The summed E-state index contributed by atoms with van der Waals surface area (Å²) in [7, 11) is 0. The maximum Gasteiger partial charge on any atom is 0.282 e. The van der Waals surface area contributed by atoms with Crippen LogP contribution >= 0.6 is 11.3 Å². The highest BCUT2D eigenvalue weighted by atomic mass is 32.1. The summed E-state index contributed by atoms with van der Waals surface area (Å²) in [6, 6.07) is 7.92. The zero-order chi connectivity index (χ0) is 12.5. The lowest BCUT2D eigenvalue weighted by atomic mass is 10.0. The topological polar surface area (TPSA) is 33.2 Å². The van der Waals surface area contributed by atoms with Crippen molar-refractivity contribution in [1.29, 1.82) is 0 Å². The molecule has 1 atom stereocenters. The molecular weight excluding hydrogens is 244 g/mol. The van der Waals surface area contributed by atoms with Crippen LogP contribution < -0.4 is 0 Å². The van der Waals surface area contributed by atoms with Crippen LogP contribution in [0, 0.1) is 5.92 Å². The highest BCUT2D eigenvalue weighted by molar-refractivity contribution is 7.20. The van der Waals surface area contributed by atoms with Gasteiger partial charge in [0.15, 0.2) is 5.01 Å². The number of hydrogen-bond acceptors (Lipinski definition) is 3. The van der Waals surface area contributed by atoms with Gasteiger partial charge in [-0.05, 0) is 30.9 Å². The molecule has 3 rings (SSSR count). The lowest BCUT2D eigenvalue weighted by molar-refractivity contribution is 0.0683. The minimum Gasteiger partial charge on any atom is -0.336 e. The van der Waals surface area contributed by atoms with Crippen LogP contribution in [0.15, 0.2) is 24.3 Å². The van der Waals surface area contributed by atoms with Crippen molar-refractivity contribution in [2.24, 2.45) is 5.92 Å². The Hall–Kier alpha value is -1.42. The first-order chi connectivity index (χ1) is 8.74. The maximum atomic E-state index is 12.4. The van der Waals surface area contributed by atoms with E-state index in [1.807, 2.05) is 29.2 Å². The van der Waals surface area contributed by atoms with E-state index in [0.29, 0.717) is 10.9 Å². The first kappa shape index (κ1) is 11.7. The summed E-state index contributed by atoms with van der Waals surface area (Å²) in [6.07, 6.45) is 2.33. The van der Waals surface area contributed by atoms with Crippen molar-refractivity contribution in [3.05, 3.63) is 29.3 Å². The highest BCUT2D eigenvalue weighted by Gasteiger charge is 2.24. The molecule has 0 bridgehead atoms. The lowest BCUT2D eigenvalue weighted by Gasteiger charge is -2.30. The molecule has 1 aliphatic rings. The molecule has 0 spiro atoms. The summed E-state index contributed by atoms with van der Waals surface area (Å²) in [4.78, 5) is 18.8. The van der Waals surface area contributed by atoms with E-state index in [2.05, 4.69) is 11.9 Å². The van der Waals surface area contributed by atoms with E-state index in [-0.39, 0.29) is 5.91 Å². The second-order valence-corrected chi connectivity index (χ2v) is 6.02. The van der Waals surface area contributed by atoms with E-state index in [9.17, 15) is 4.79 Å². The molecule has 1 saturated heterocycles. The number of carbonyl (C=O) groups excluding carboxylic acids is 1. The smallest absolute Gasteiger partial charge is 0.282 e. The van der Waals surface area contributed by atoms with Gasteiger partial charge in [0.25, 0.3) is 5.91 Å². The molecule has 2 aromatic rings.